The minimum Gasteiger partial charge on any atom is -0.465 e. The van der Waals surface area contributed by atoms with E-state index in [-0.39, 0.29) is 33.6 Å². The van der Waals surface area contributed by atoms with Gasteiger partial charge in [0.05, 0.1) is 24.8 Å². The van der Waals surface area contributed by atoms with Crippen LogP contribution in [0.4, 0.5) is 5.82 Å². The monoisotopic (exact) mass is 610 g/mol. The van der Waals surface area contributed by atoms with Crippen LogP contribution in [0.5, 0.6) is 0 Å². The van der Waals surface area contributed by atoms with Crippen molar-refractivity contribution >= 4 is 49.3 Å². The van der Waals surface area contributed by atoms with Crippen molar-refractivity contribution in [1.29, 1.82) is 0 Å². The number of hydrogen-bond donors (Lipinski definition) is 1. The number of benzene rings is 4. The van der Waals surface area contributed by atoms with E-state index in [4.69, 9.17) is 9.47 Å². The van der Waals surface area contributed by atoms with Crippen molar-refractivity contribution in [1.82, 2.24) is 3.97 Å². The number of anilines is 1. The average molecular weight is 611 g/mol. The molecule has 44 heavy (non-hydrogen) atoms. The standard InChI is InChI=1S/C35H34N2O6S/c1-22-17-19-26(20-18-22)44(40,41)37-32(29-27-15-9-7-11-23(27)21-24-12-8-10-16-28(24)29)30(34(38)42-2)31(35(39)43-3)33(37)36-25-13-5-4-6-14-25/h7-12,15-21,25,36H,4-6,13-14H2,1-3H3. The lowest BCUT2D eigenvalue weighted by Crippen LogP contribution is -2.27. The van der Waals surface area contributed by atoms with Crippen LogP contribution in [0.25, 0.3) is 32.8 Å². The largest absolute Gasteiger partial charge is 0.465 e. The van der Waals surface area contributed by atoms with E-state index in [0.29, 0.717) is 5.56 Å². The minimum absolute atomic E-state index is 0.00302. The van der Waals surface area contributed by atoms with Crippen LogP contribution in [-0.4, -0.2) is 44.6 Å². The van der Waals surface area contributed by atoms with Crippen LogP contribution in [0.15, 0.2) is 83.8 Å². The molecule has 1 fully saturated rings. The van der Waals surface area contributed by atoms with Crippen LogP contribution in [0.3, 0.4) is 0 Å². The summed E-state index contributed by atoms with van der Waals surface area (Å²) in [4.78, 5) is 27.5. The van der Waals surface area contributed by atoms with Gasteiger partial charge < -0.3 is 14.8 Å². The molecule has 6 rings (SSSR count). The molecule has 1 heterocycles. The first kappa shape index (κ1) is 29.4. The summed E-state index contributed by atoms with van der Waals surface area (Å²) in [6, 6.07) is 23.6. The fraction of sp³-hybridized carbons (Fsp3) is 0.257. The molecule has 0 aliphatic heterocycles. The number of nitrogens with one attached hydrogen (secondary N) is 1. The Morgan fingerprint density at radius 3 is 1.89 bits per heavy atom. The Hall–Kier alpha value is -4.63. The SMILES string of the molecule is COC(=O)c1c(C(=O)OC)c(-c2c3ccccc3cc3ccccc23)n(S(=O)(=O)c2ccc(C)cc2)c1NC1CCCCC1. The number of esters is 2. The van der Waals surface area contributed by atoms with Crippen LogP contribution in [-0.2, 0) is 19.5 Å². The van der Waals surface area contributed by atoms with Crippen molar-refractivity contribution in [2.75, 3.05) is 19.5 Å². The highest BCUT2D eigenvalue weighted by Gasteiger charge is 2.40. The molecule has 1 aliphatic rings. The maximum atomic E-state index is 14.9. The Morgan fingerprint density at radius 1 is 0.773 bits per heavy atom. The first-order valence-corrected chi connectivity index (χ1v) is 16.1. The van der Waals surface area contributed by atoms with Gasteiger partial charge in [-0.25, -0.2) is 22.0 Å². The zero-order valence-electron chi connectivity index (χ0n) is 24.9. The normalized spacial score (nSPS) is 14.1. The smallest absolute Gasteiger partial charge is 0.342 e. The van der Waals surface area contributed by atoms with E-state index in [0.717, 1.165) is 63.2 Å². The lowest BCUT2D eigenvalue weighted by atomic mass is 9.92. The molecular weight excluding hydrogens is 576 g/mol. The van der Waals surface area contributed by atoms with Crippen molar-refractivity contribution in [3.8, 4) is 11.3 Å². The number of aryl methyl sites for hydroxylation is 1. The summed E-state index contributed by atoms with van der Waals surface area (Å²) < 4.78 is 41.4. The molecule has 4 aromatic carbocycles. The number of rotatable bonds is 7. The molecule has 226 valence electrons. The van der Waals surface area contributed by atoms with Crippen LogP contribution in [0, 0.1) is 6.92 Å². The van der Waals surface area contributed by atoms with Gasteiger partial charge in [0.2, 0.25) is 0 Å². The summed E-state index contributed by atoms with van der Waals surface area (Å²) in [6.07, 6.45) is 4.57. The Balaban J connectivity index is 1.84. The highest BCUT2D eigenvalue weighted by molar-refractivity contribution is 7.90. The second-order valence-electron chi connectivity index (χ2n) is 11.2. The molecule has 1 aromatic heterocycles. The Bertz CT molecular complexity index is 1950. The van der Waals surface area contributed by atoms with Crippen molar-refractivity contribution in [2.45, 2.75) is 50.0 Å². The van der Waals surface area contributed by atoms with Gasteiger partial charge in [-0.1, -0.05) is 85.5 Å². The number of carbonyl (C=O) groups is 2. The van der Waals surface area contributed by atoms with Crippen LogP contribution in [0.1, 0.15) is 58.4 Å². The van der Waals surface area contributed by atoms with Crippen molar-refractivity contribution in [2.24, 2.45) is 0 Å². The number of methoxy groups -OCH3 is 2. The van der Waals surface area contributed by atoms with E-state index >= 15 is 0 Å². The maximum Gasteiger partial charge on any atom is 0.342 e. The van der Waals surface area contributed by atoms with Gasteiger partial charge in [-0.15, -0.1) is 0 Å². The molecule has 0 saturated heterocycles. The van der Waals surface area contributed by atoms with Crippen LogP contribution >= 0.6 is 0 Å². The average Bonchev–Trinajstić information content (AvgIpc) is 3.38. The summed E-state index contributed by atoms with van der Waals surface area (Å²) >= 11 is 0. The predicted octanol–water partition coefficient (Wildman–Crippen LogP) is 7.32. The topological polar surface area (TPSA) is 104 Å². The predicted molar refractivity (Wildman–Crippen MR) is 172 cm³/mol. The van der Waals surface area contributed by atoms with Gasteiger partial charge in [-0.05, 0) is 59.5 Å². The summed E-state index contributed by atoms with van der Waals surface area (Å²) in [5, 5.41) is 6.53. The zero-order valence-corrected chi connectivity index (χ0v) is 25.7. The van der Waals surface area contributed by atoms with E-state index in [1.807, 2.05) is 61.5 Å². The first-order valence-electron chi connectivity index (χ1n) is 14.7. The zero-order chi connectivity index (χ0) is 31.0. The highest BCUT2D eigenvalue weighted by atomic mass is 32.2. The number of ether oxygens (including phenoxy) is 2. The lowest BCUT2D eigenvalue weighted by molar-refractivity contribution is 0.0558. The van der Waals surface area contributed by atoms with Gasteiger partial charge in [0, 0.05) is 11.6 Å². The molecule has 1 aliphatic carbocycles. The van der Waals surface area contributed by atoms with Crippen molar-refractivity contribution < 1.29 is 27.5 Å². The van der Waals surface area contributed by atoms with E-state index in [1.54, 1.807) is 12.1 Å². The molecule has 9 heteroatoms. The maximum absolute atomic E-state index is 14.9. The van der Waals surface area contributed by atoms with E-state index < -0.39 is 22.0 Å². The molecule has 1 N–H and O–H groups in total. The summed E-state index contributed by atoms with van der Waals surface area (Å²) in [5.74, 6) is -1.69. The van der Waals surface area contributed by atoms with E-state index in [2.05, 4.69) is 5.32 Å². The lowest BCUT2D eigenvalue weighted by Gasteiger charge is -2.25. The number of aromatic nitrogens is 1. The Labute approximate surface area is 256 Å². The Kier molecular flexibility index (Phi) is 7.90. The molecule has 0 radical (unpaired) electrons. The fourth-order valence-electron chi connectivity index (χ4n) is 6.28. The second-order valence-corrected chi connectivity index (χ2v) is 13.0. The number of nitrogens with zero attached hydrogens (tertiary/aromatic N) is 1. The number of fused-ring (bicyclic) bond motifs is 2. The quantitative estimate of drug-likeness (QED) is 0.152. The van der Waals surface area contributed by atoms with Gasteiger partial charge >= 0.3 is 11.9 Å². The number of carbonyl (C=O) groups excluding carboxylic acids is 2. The number of hydrogen-bond acceptors (Lipinski definition) is 7. The van der Waals surface area contributed by atoms with Crippen molar-refractivity contribution in [3.63, 3.8) is 0 Å². The molecule has 0 unspecified atom stereocenters. The highest BCUT2D eigenvalue weighted by Crippen LogP contribution is 2.45. The van der Waals surface area contributed by atoms with Crippen LogP contribution in [0.2, 0.25) is 0 Å². The summed E-state index contributed by atoms with van der Waals surface area (Å²) in [7, 11) is -1.97. The summed E-state index contributed by atoms with van der Waals surface area (Å²) in [6.45, 7) is 1.88. The second kappa shape index (κ2) is 11.8. The van der Waals surface area contributed by atoms with Gasteiger partial charge in [0.15, 0.2) is 0 Å². The third-order valence-electron chi connectivity index (χ3n) is 8.42. The summed E-state index contributed by atoms with van der Waals surface area (Å²) in [5.41, 5.74) is 1.09. The third kappa shape index (κ3) is 5.01. The van der Waals surface area contributed by atoms with Gasteiger partial charge in [0.1, 0.15) is 16.9 Å². The molecule has 5 aromatic rings. The molecule has 1 saturated carbocycles. The van der Waals surface area contributed by atoms with Crippen LogP contribution < -0.4 is 5.32 Å². The molecule has 0 atom stereocenters. The molecule has 0 bridgehead atoms. The fourth-order valence-corrected chi connectivity index (χ4v) is 7.77. The van der Waals surface area contributed by atoms with Gasteiger partial charge in [-0.2, -0.15) is 0 Å². The van der Waals surface area contributed by atoms with Gasteiger partial charge in [-0.3, -0.25) is 0 Å². The molecule has 0 spiro atoms. The van der Waals surface area contributed by atoms with Crippen molar-refractivity contribution in [3.05, 3.63) is 95.6 Å². The minimum atomic E-state index is -4.40. The molecular formula is C35H34N2O6S. The molecule has 8 nitrogen and oxygen atoms in total. The first-order chi connectivity index (χ1) is 21.3. The van der Waals surface area contributed by atoms with Gasteiger partial charge in [0.25, 0.3) is 10.0 Å². The molecule has 0 amide bonds. The third-order valence-corrected chi connectivity index (χ3v) is 10.1. The Morgan fingerprint density at radius 2 is 1.32 bits per heavy atom. The van der Waals surface area contributed by atoms with E-state index in [1.165, 1.54) is 26.4 Å². The van der Waals surface area contributed by atoms with E-state index in [9.17, 15) is 18.0 Å².